The van der Waals surface area contributed by atoms with Crippen LogP contribution in [0.1, 0.15) is 5.56 Å². The summed E-state index contributed by atoms with van der Waals surface area (Å²) in [5.74, 6) is 0.640. The molecule has 2 aliphatic heterocycles. The number of aromatic nitrogens is 1. The van der Waals surface area contributed by atoms with Crippen molar-refractivity contribution in [1.82, 2.24) is 14.8 Å². The standard InChI is InChI=1S/C18H23N3O2/c1-20-8-13-9-21(10-15(20)12-23-11-13)18(22)6-14-7-19-17-5-3-2-4-16(14)17/h2-5,7,13,15,19H,6,8-12H2,1H3/t13-,15+/m1/s1. The van der Waals surface area contributed by atoms with Gasteiger partial charge in [-0.15, -0.1) is 0 Å². The van der Waals surface area contributed by atoms with Gasteiger partial charge < -0.3 is 14.6 Å². The zero-order valence-electron chi connectivity index (χ0n) is 13.5. The number of likely N-dealkylation sites (N-methyl/N-ethyl adjacent to an activating group) is 1. The van der Waals surface area contributed by atoms with Crippen LogP contribution in [0.25, 0.3) is 10.9 Å². The lowest BCUT2D eigenvalue weighted by Gasteiger charge is -2.29. The molecule has 0 spiro atoms. The Balaban J connectivity index is 1.52. The topological polar surface area (TPSA) is 48.6 Å². The van der Waals surface area contributed by atoms with Gasteiger partial charge in [0.05, 0.1) is 25.7 Å². The van der Waals surface area contributed by atoms with E-state index in [9.17, 15) is 4.79 Å². The number of H-pyrrole nitrogens is 1. The molecule has 2 fully saturated rings. The number of ether oxygens (including phenoxy) is 1. The van der Waals surface area contributed by atoms with E-state index in [-0.39, 0.29) is 5.91 Å². The largest absolute Gasteiger partial charge is 0.379 e. The summed E-state index contributed by atoms with van der Waals surface area (Å²) in [4.78, 5) is 20.5. The summed E-state index contributed by atoms with van der Waals surface area (Å²) in [6.07, 6.45) is 2.43. The lowest BCUT2D eigenvalue weighted by atomic mass is 10.1. The fourth-order valence-corrected chi connectivity index (χ4v) is 3.81. The van der Waals surface area contributed by atoms with Crippen LogP contribution < -0.4 is 0 Å². The molecule has 4 rings (SSSR count). The highest BCUT2D eigenvalue weighted by atomic mass is 16.5. The first-order valence-electron chi connectivity index (χ1n) is 8.31. The van der Waals surface area contributed by atoms with Crippen LogP contribution in [0, 0.1) is 5.92 Å². The minimum Gasteiger partial charge on any atom is -0.379 e. The molecule has 2 atom stereocenters. The molecule has 1 aromatic carbocycles. The molecule has 1 N–H and O–H groups in total. The zero-order chi connectivity index (χ0) is 15.8. The Bertz CT molecular complexity index is 711. The van der Waals surface area contributed by atoms with Crippen LogP contribution in [0.3, 0.4) is 0 Å². The van der Waals surface area contributed by atoms with Gasteiger partial charge in [0.2, 0.25) is 5.91 Å². The maximum atomic E-state index is 12.9. The molecule has 1 aromatic heterocycles. The predicted molar refractivity (Wildman–Crippen MR) is 89.3 cm³/mol. The molecule has 5 heteroatoms. The number of aromatic amines is 1. The highest BCUT2D eigenvalue weighted by molar-refractivity contribution is 5.88. The third-order valence-electron chi connectivity index (χ3n) is 5.11. The second-order valence-electron chi connectivity index (χ2n) is 6.83. The number of nitrogens with one attached hydrogen (secondary N) is 1. The van der Waals surface area contributed by atoms with E-state index in [4.69, 9.17) is 4.74 Å². The van der Waals surface area contributed by atoms with E-state index in [0.717, 1.165) is 49.3 Å². The summed E-state index contributed by atoms with van der Waals surface area (Å²) in [5.41, 5.74) is 2.18. The van der Waals surface area contributed by atoms with E-state index >= 15 is 0 Å². The predicted octanol–water partition coefficient (Wildman–Crippen LogP) is 1.50. The average molecular weight is 313 g/mol. The van der Waals surface area contributed by atoms with Gasteiger partial charge in [-0.3, -0.25) is 9.69 Å². The van der Waals surface area contributed by atoms with Crippen LogP contribution >= 0.6 is 0 Å². The summed E-state index contributed by atoms with van der Waals surface area (Å²) >= 11 is 0. The maximum Gasteiger partial charge on any atom is 0.227 e. The van der Waals surface area contributed by atoms with E-state index in [1.165, 1.54) is 0 Å². The first kappa shape index (κ1) is 14.7. The van der Waals surface area contributed by atoms with Crippen molar-refractivity contribution in [3.05, 3.63) is 36.0 Å². The van der Waals surface area contributed by atoms with Crippen molar-refractivity contribution in [2.45, 2.75) is 12.5 Å². The van der Waals surface area contributed by atoms with Crippen molar-refractivity contribution in [2.75, 3.05) is 39.9 Å². The van der Waals surface area contributed by atoms with Crippen molar-refractivity contribution < 1.29 is 9.53 Å². The number of carbonyl (C=O) groups is 1. The van der Waals surface area contributed by atoms with Crippen molar-refractivity contribution in [2.24, 2.45) is 5.92 Å². The van der Waals surface area contributed by atoms with Crippen molar-refractivity contribution >= 4 is 16.8 Å². The number of carbonyl (C=O) groups excluding carboxylic acids is 1. The van der Waals surface area contributed by atoms with Crippen molar-refractivity contribution in [3.8, 4) is 0 Å². The SMILES string of the molecule is CN1C[C@H]2COC[C@@H]1CN(C(=O)Cc1c[nH]c3ccccc13)C2. The van der Waals surface area contributed by atoms with Crippen molar-refractivity contribution in [1.29, 1.82) is 0 Å². The zero-order valence-corrected chi connectivity index (χ0v) is 13.5. The van der Waals surface area contributed by atoms with Crippen LogP contribution in [-0.2, 0) is 16.0 Å². The number of benzene rings is 1. The van der Waals surface area contributed by atoms with Crippen LogP contribution in [0.4, 0.5) is 0 Å². The van der Waals surface area contributed by atoms with E-state index in [1.54, 1.807) is 0 Å². The number of hydrogen-bond donors (Lipinski definition) is 1. The molecule has 2 saturated heterocycles. The lowest BCUT2D eigenvalue weighted by Crippen LogP contribution is -2.45. The Labute approximate surface area is 136 Å². The van der Waals surface area contributed by atoms with Gasteiger partial charge in [0.1, 0.15) is 0 Å². The number of rotatable bonds is 2. The van der Waals surface area contributed by atoms with Gasteiger partial charge in [0, 0.05) is 42.7 Å². The minimum absolute atomic E-state index is 0.224. The molecule has 122 valence electrons. The molecule has 5 nitrogen and oxygen atoms in total. The summed E-state index contributed by atoms with van der Waals surface area (Å²) < 4.78 is 5.74. The van der Waals surface area contributed by atoms with E-state index in [2.05, 4.69) is 23.0 Å². The van der Waals surface area contributed by atoms with Gasteiger partial charge in [0.25, 0.3) is 0 Å². The van der Waals surface area contributed by atoms with Gasteiger partial charge in [-0.1, -0.05) is 18.2 Å². The molecular weight excluding hydrogens is 290 g/mol. The van der Waals surface area contributed by atoms with Gasteiger partial charge in [-0.2, -0.15) is 0 Å². The normalized spacial score (nSPS) is 25.5. The summed E-state index contributed by atoms with van der Waals surface area (Å²) in [6.45, 7) is 4.08. The van der Waals surface area contributed by atoms with Gasteiger partial charge in [-0.05, 0) is 18.7 Å². The fourth-order valence-electron chi connectivity index (χ4n) is 3.81. The van der Waals surface area contributed by atoms with Gasteiger partial charge >= 0.3 is 0 Å². The molecule has 2 aromatic rings. The number of nitrogens with zero attached hydrogens (tertiary/aromatic N) is 2. The van der Waals surface area contributed by atoms with Gasteiger partial charge in [-0.25, -0.2) is 0 Å². The fraction of sp³-hybridized carbons (Fsp3) is 0.500. The Morgan fingerprint density at radius 2 is 2.13 bits per heavy atom. The molecule has 0 saturated carbocycles. The quantitative estimate of drug-likeness (QED) is 0.914. The number of para-hydroxylation sites is 1. The lowest BCUT2D eigenvalue weighted by molar-refractivity contribution is -0.132. The van der Waals surface area contributed by atoms with Gasteiger partial charge in [0.15, 0.2) is 0 Å². The molecule has 23 heavy (non-hydrogen) atoms. The van der Waals surface area contributed by atoms with Crippen LogP contribution in [-0.4, -0.2) is 66.6 Å². The third-order valence-corrected chi connectivity index (χ3v) is 5.11. The Hall–Kier alpha value is -1.85. The molecule has 2 bridgehead atoms. The highest BCUT2D eigenvalue weighted by Gasteiger charge is 2.33. The molecule has 1 amide bonds. The molecule has 2 aliphatic rings. The molecule has 0 aliphatic carbocycles. The monoisotopic (exact) mass is 313 g/mol. The Kier molecular flexibility index (Phi) is 3.83. The first-order chi connectivity index (χ1) is 11.2. The Morgan fingerprint density at radius 1 is 1.26 bits per heavy atom. The number of hydrogen-bond acceptors (Lipinski definition) is 3. The molecule has 3 heterocycles. The second-order valence-corrected chi connectivity index (χ2v) is 6.83. The first-order valence-corrected chi connectivity index (χ1v) is 8.31. The summed E-state index contributed by atoms with van der Waals surface area (Å²) in [7, 11) is 2.14. The van der Waals surface area contributed by atoms with Crippen LogP contribution in [0.2, 0.25) is 0 Å². The highest BCUT2D eigenvalue weighted by Crippen LogP contribution is 2.22. The van der Waals surface area contributed by atoms with Crippen LogP contribution in [0.15, 0.2) is 30.5 Å². The molecule has 0 radical (unpaired) electrons. The van der Waals surface area contributed by atoms with E-state index < -0.39 is 0 Å². The number of amides is 1. The number of fused-ring (bicyclic) bond motifs is 4. The van der Waals surface area contributed by atoms with E-state index in [0.29, 0.717) is 18.4 Å². The maximum absolute atomic E-state index is 12.9. The average Bonchev–Trinajstić information content (AvgIpc) is 2.74. The van der Waals surface area contributed by atoms with Crippen molar-refractivity contribution in [3.63, 3.8) is 0 Å². The third kappa shape index (κ3) is 2.86. The Morgan fingerprint density at radius 3 is 3.04 bits per heavy atom. The summed E-state index contributed by atoms with van der Waals surface area (Å²) in [5, 5.41) is 1.15. The van der Waals surface area contributed by atoms with Crippen LogP contribution in [0.5, 0.6) is 0 Å². The molecule has 0 unspecified atom stereocenters. The summed E-state index contributed by atoms with van der Waals surface area (Å²) in [6, 6.07) is 8.47. The molecular formula is C18H23N3O2. The second kappa shape index (κ2) is 5.98. The van der Waals surface area contributed by atoms with E-state index in [1.807, 2.05) is 29.3 Å². The smallest absolute Gasteiger partial charge is 0.227 e. The minimum atomic E-state index is 0.224.